The second kappa shape index (κ2) is 7.76. The fraction of sp³-hybridized carbons (Fsp3) is 0.750. The highest BCUT2D eigenvalue weighted by Gasteiger charge is 2.04. The number of rotatable bonds is 8. The first kappa shape index (κ1) is 13.6. The van der Waals surface area contributed by atoms with Crippen LogP contribution in [0.25, 0.3) is 0 Å². The first-order chi connectivity index (χ1) is 7.72. The van der Waals surface area contributed by atoms with E-state index in [1.54, 1.807) is 18.4 Å². The van der Waals surface area contributed by atoms with E-state index >= 15 is 0 Å². The van der Waals surface area contributed by atoms with E-state index in [2.05, 4.69) is 29.5 Å². The number of nitrogens with zero attached hydrogens (tertiary/aromatic N) is 1. The lowest BCUT2D eigenvalue weighted by Crippen LogP contribution is -2.25. The Kier molecular flexibility index (Phi) is 6.61. The fourth-order valence-electron chi connectivity index (χ4n) is 1.54. The number of aromatic nitrogens is 1. The van der Waals surface area contributed by atoms with Gasteiger partial charge in [0.05, 0.1) is 17.3 Å². The molecule has 1 N–H and O–H groups in total. The standard InChI is InChI=1S/C12H22N2OS/c1-10(8-13-6-7-15-3)4-5-12-9-16-11(2)14-12/h9-10,13H,4-8H2,1-3H3. The molecule has 0 spiro atoms. The van der Waals surface area contributed by atoms with E-state index < -0.39 is 0 Å². The number of hydrogen-bond acceptors (Lipinski definition) is 4. The summed E-state index contributed by atoms with van der Waals surface area (Å²) in [6.07, 6.45) is 2.29. The minimum Gasteiger partial charge on any atom is -0.383 e. The summed E-state index contributed by atoms with van der Waals surface area (Å²) in [6, 6.07) is 0. The molecule has 1 unspecified atom stereocenters. The van der Waals surface area contributed by atoms with Gasteiger partial charge in [-0.15, -0.1) is 11.3 Å². The van der Waals surface area contributed by atoms with Crippen molar-refractivity contribution in [2.75, 3.05) is 26.8 Å². The highest BCUT2D eigenvalue weighted by atomic mass is 32.1. The summed E-state index contributed by atoms with van der Waals surface area (Å²) in [5, 5.41) is 6.72. The molecule has 0 amide bonds. The molecular weight excluding hydrogens is 220 g/mol. The SMILES string of the molecule is COCCNCC(C)CCc1csc(C)n1. The molecule has 0 radical (unpaired) electrons. The van der Waals surface area contributed by atoms with Crippen molar-refractivity contribution in [3.8, 4) is 0 Å². The van der Waals surface area contributed by atoms with Crippen molar-refractivity contribution in [1.82, 2.24) is 10.3 Å². The van der Waals surface area contributed by atoms with Gasteiger partial charge in [-0.25, -0.2) is 4.98 Å². The molecule has 0 bridgehead atoms. The smallest absolute Gasteiger partial charge is 0.0897 e. The molecule has 0 aromatic carbocycles. The first-order valence-electron chi connectivity index (χ1n) is 5.83. The summed E-state index contributed by atoms with van der Waals surface area (Å²) in [7, 11) is 1.73. The van der Waals surface area contributed by atoms with Crippen LogP contribution in [0.5, 0.6) is 0 Å². The third-order valence-corrected chi connectivity index (χ3v) is 3.36. The summed E-state index contributed by atoms with van der Waals surface area (Å²) in [5.41, 5.74) is 1.24. The van der Waals surface area contributed by atoms with E-state index in [-0.39, 0.29) is 0 Å². The number of aryl methyl sites for hydroxylation is 2. The van der Waals surface area contributed by atoms with E-state index in [1.165, 1.54) is 17.1 Å². The van der Waals surface area contributed by atoms with Gasteiger partial charge in [0.2, 0.25) is 0 Å². The van der Waals surface area contributed by atoms with Gasteiger partial charge in [-0.1, -0.05) is 6.92 Å². The van der Waals surface area contributed by atoms with Crippen molar-refractivity contribution < 1.29 is 4.74 Å². The monoisotopic (exact) mass is 242 g/mol. The number of nitrogens with one attached hydrogen (secondary N) is 1. The molecule has 0 aliphatic heterocycles. The van der Waals surface area contributed by atoms with Gasteiger partial charge in [0.25, 0.3) is 0 Å². The van der Waals surface area contributed by atoms with Gasteiger partial charge in [-0.3, -0.25) is 0 Å². The summed E-state index contributed by atoms with van der Waals surface area (Å²) < 4.78 is 4.98. The Bertz CT molecular complexity index is 288. The molecule has 0 aliphatic carbocycles. The third kappa shape index (κ3) is 5.58. The van der Waals surface area contributed by atoms with Gasteiger partial charge in [0.1, 0.15) is 0 Å². The molecule has 3 nitrogen and oxygen atoms in total. The molecule has 0 fully saturated rings. The Labute approximate surface area is 102 Å². The number of ether oxygens (including phenoxy) is 1. The number of hydrogen-bond donors (Lipinski definition) is 1. The predicted octanol–water partition coefficient (Wildman–Crippen LogP) is 2.26. The van der Waals surface area contributed by atoms with Crippen LogP contribution in [0.1, 0.15) is 24.0 Å². The van der Waals surface area contributed by atoms with Crippen molar-refractivity contribution in [2.45, 2.75) is 26.7 Å². The van der Waals surface area contributed by atoms with Crippen molar-refractivity contribution in [3.63, 3.8) is 0 Å². The van der Waals surface area contributed by atoms with Crippen LogP contribution in [0.15, 0.2) is 5.38 Å². The second-order valence-electron chi connectivity index (χ2n) is 4.20. The predicted molar refractivity (Wildman–Crippen MR) is 69.1 cm³/mol. The van der Waals surface area contributed by atoms with Gasteiger partial charge in [-0.2, -0.15) is 0 Å². The molecule has 0 saturated carbocycles. The summed E-state index contributed by atoms with van der Waals surface area (Å²) in [6.45, 7) is 7.13. The topological polar surface area (TPSA) is 34.1 Å². The van der Waals surface area contributed by atoms with E-state index in [0.29, 0.717) is 5.92 Å². The van der Waals surface area contributed by atoms with Crippen LogP contribution in [0, 0.1) is 12.8 Å². The van der Waals surface area contributed by atoms with Crippen molar-refractivity contribution in [3.05, 3.63) is 16.1 Å². The lowest BCUT2D eigenvalue weighted by Gasteiger charge is -2.11. The van der Waals surface area contributed by atoms with E-state index in [4.69, 9.17) is 4.74 Å². The average molecular weight is 242 g/mol. The Balaban J connectivity index is 2.08. The molecule has 0 saturated heterocycles. The van der Waals surface area contributed by atoms with Crippen molar-refractivity contribution in [1.29, 1.82) is 0 Å². The van der Waals surface area contributed by atoms with Crippen LogP contribution in [0.4, 0.5) is 0 Å². The Morgan fingerprint density at radius 2 is 2.38 bits per heavy atom. The van der Waals surface area contributed by atoms with E-state index in [1.807, 2.05) is 0 Å². The van der Waals surface area contributed by atoms with E-state index in [9.17, 15) is 0 Å². The molecule has 1 aromatic heterocycles. The fourth-order valence-corrected chi connectivity index (χ4v) is 2.19. The third-order valence-electron chi connectivity index (χ3n) is 2.54. The molecule has 1 atom stereocenters. The van der Waals surface area contributed by atoms with Gasteiger partial charge >= 0.3 is 0 Å². The lowest BCUT2D eigenvalue weighted by molar-refractivity contribution is 0.198. The molecule has 0 aliphatic rings. The molecule has 1 heterocycles. The second-order valence-corrected chi connectivity index (χ2v) is 5.26. The Morgan fingerprint density at radius 1 is 1.56 bits per heavy atom. The van der Waals surface area contributed by atoms with E-state index in [0.717, 1.165) is 26.1 Å². The maximum absolute atomic E-state index is 4.98. The number of thiazole rings is 1. The zero-order valence-corrected chi connectivity index (χ0v) is 11.3. The molecule has 1 rings (SSSR count). The quantitative estimate of drug-likeness (QED) is 0.710. The minimum absolute atomic E-state index is 0.693. The summed E-state index contributed by atoms with van der Waals surface area (Å²) in [4.78, 5) is 4.47. The number of methoxy groups -OCH3 is 1. The zero-order chi connectivity index (χ0) is 11.8. The Morgan fingerprint density at radius 3 is 3.00 bits per heavy atom. The van der Waals surface area contributed by atoms with Gasteiger partial charge < -0.3 is 10.1 Å². The average Bonchev–Trinajstić information content (AvgIpc) is 2.68. The van der Waals surface area contributed by atoms with Gasteiger partial charge in [0, 0.05) is 19.0 Å². The Hall–Kier alpha value is -0.450. The first-order valence-corrected chi connectivity index (χ1v) is 6.71. The van der Waals surface area contributed by atoms with Gasteiger partial charge in [0.15, 0.2) is 0 Å². The lowest BCUT2D eigenvalue weighted by atomic mass is 10.0. The minimum atomic E-state index is 0.693. The summed E-state index contributed by atoms with van der Waals surface area (Å²) in [5.74, 6) is 0.693. The largest absolute Gasteiger partial charge is 0.383 e. The van der Waals surface area contributed by atoms with Gasteiger partial charge in [-0.05, 0) is 32.2 Å². The van der Waals surface area contributed by atoms with Crippen LogP contribution >= 0.6 is 11.3 Å². The van der Waals surface area contributed by atoms with Crippen molar-refractivity contribution in [2.24, 2.45) is 5.92 Å². The normalized spacial score (nSPS) is 12.9. The van der Waals surface area contributed by atoms with Crippen molar-refractivity contribution >= 4 is 11.3 Å². The molecule has 1 aromatic rings. The molecule has 4 heteroatoms. The summed E-state index contributed by atoms with van der Waals surface area (Å²) >= 11 is 1.74. The van der Waals surface area contributed by atoms with Crippen LogP contribution in [0.2, 0.25) is 0 Å². The van der Waals surface area contributed by atoms with Crippen LogP contribution in [-0.2, 0) is 11.2 Å². The molecule has 16 heavy (non-hydrogen) atoms. The molecule has 92 valence electrons. The maximum atomic E-state index is 4.98. The highest BCUT2D eigenvalue weighted by Crippen LogP contribution is 2.12. The van der Waals surface area contributed by atoms with Crippen LogP contribution in [-0.4, -0.2) is 31.8 Å². The van der Waals surface area contributed by atoms with Crippen LogP contribution < -0.4 is 5.32 Å². The zero-order valence-electron chi connectivity index (χ0n) is 10.5. The molecular formula is C12H22N2OS. The highest BCUT2D eigenvalue weighted by molar-refractivity contribution is 7.09. The maximum Gasteiger partial charge on any atom is 0.0897 e. The van der Waals surface area contributed by atoms with Crippen LogP contribution in [0.3, 0.4) is 0 Å².